The van der Waals surface area contributed by atoms with Crippen LogP contribution in [0.15, 0.2) is 58.1 Å². The van der Waals surface area contributed by atoms with Crippen LogP contribution < -0.4 is 16.1 Å². The number of benzene rings is 2. The van der Waals surface area contributed by atoms with Gasteiger partial charge < -0.3 is 9.80 Å². The number of para-hydroxylation sites is 1. The van der Waals surface area contributed by atoms with Crippen LogP contribution in [-0.4, -0.2) is 46.5 Å². The zero-order valence-electron chi connectivity index (χ0n) is 18.9. The Hall–Kier alpha value is -3.68. The lowest BCUT2D eigenvalue weighted by atomic mass is 9.96. The molecule has 34 heavy (non-hydrogen) atoms. The number of anilines is 1. The van der Waals surface area contributed by atoms with Gasteiger partial charge in [-0.1, -0.05) is 24.3 Å². The van der Waals surface area contributed by atoms with Gasteiger partial charge in [-0.05, 0) is 55.5 Å². The average molecular weight is 463 g/mol. The summed E-state index contributed by atoms with van der Waals surface area (Å²) in [5, 5.41) is 0. The molecule has 0 unspecified atom stereocenters. The van der Waals surface area contributed by atoms with Crippen molar-refractivity contribution in [1.29, 1.82) is 0 Å². The lowest BCUT2D eigenvalue weighted by Crippen LogP contribution is -2.49. The summed E-state index contributed by atoms with van der Waals surface area (Å²) in [7, 11) is 0. The molecule has 0 spiro atoms. The highest BCUT2D eigenvalue weighted by Gasteiger charge is 2.25. The first-order chi connectivity index (χ1) is 16.5. The maximum absolute atomic E-state index is 14.7. The maximum atomic E-state index is 14.7. The first-order valence-electron chi connectivity index (χ1n) is 11.7. The predicted molar refractivity (Wildman–Crippen MR) is 128 cm³/mol. The number of aromatic nitrogens is 2. The molecule has 1 aliphatic carbocycles. The first kappa shape index (κ1) is 22.1. The maximum Gasteiger partial charge on any atom is 0.328 e. The van der Waals surface area contributed by atoms with E-state index in [1.165, 1.54) is 12.1 Å². The smallest absolute Gasteiger partial charge is 0.328 e. The van der Waals surface area contributed by atoms with Crippen LogP contribution in [0.4, 0.5) is 10.1 Å². The lowest BCUT2D eigenvalue weighted by molar-refractivity contribution is 0.0742. The Morgan fingerprint density at radius 2 is 1.68 bits per heavy atom. The van der Waals surface area contributed by atoms with E-state index in [1.54, 1.807) is 15.5 Å². The number of nitrogens with zero attached hydrogens (tertiary/aromatic N) is 3. The van der Waals surface area contributed by atoms with Gasteiger partial charge in [-0.25, -0.2) is 9.18 Å². The van der Waals surface area contributed by atoms with E-state index >= 15 is 0 Å². The minimum absolute atomic E-state index is 0.0111. The zero-order chi connectivity index (χ0) is 23.7. The van der Waals surface area contributed by atoms with Crippen molar-refractivity contribution in [3.63, 3.8) is 0 Å². The summed E-state index contributed by atoms with van der Waals surface area (Å²) in [5.41, 5.74) is 2.37. The lowest BCUT2D eigenvalue weighted by Gasteiger charge is -2.36. The largest absolute Gasteiger partial charge is 0.368 e. The third kappa shape index (κ3) is 4.27. The van der Waals surface area contributed by atoms with Crippen molar-refractivity contribution >= 4 is 11.6 Å². The van der Waals surface area contributed by atoms with E-state index in [2.05, 4.69) is 9.88 Å². The van der Waals surface area contributed by atoms with Crippen molar-refractivity contribution < 1.29 is 9.18 Å². The van der Waals surface area contributed by atoms with Crippen LogP contribution in [-0.2, 0) is 19.4 Å². The number of amides is 1. The van der Waals surface area contributed by atoms with Crippen molar-refractivity contribution in [3.8, 4) is 0 Å². The number of rotatable bonds is 4. The molecule has 1 aliphatic heterocycles. The van der Waals surface area contributed by atoms with Gasteiger partial charge in [0.1, 0.15) is 5.82 Å². The molecule has 1 amide bonds. The first-order valence-corrected chi connectivity index (χ1v) is 11.7. The fourth-order valence-corrected chi connectivity index (χ4v) is 4.96. The van der Waals surface area contributed by atoms with Gasteiger partial charge >= 0.3 is 5.69 Å². The normalized spacial score (nSPS) is 15.8. The number of hydrogen-bond acceptors (Lipinski definition) is 4. The van der Waals surface area contributed by atoms with Gasteiger partial charge in [-0.2, -0.15) is 0 Å². The number of carbonyl (C=O) groups excluding carboxylic acids is 1. The van der Waals surface area contributed by atoms with Crippen LogP contribution >= 0.6 is 0 Å². The number of piperazine rings is 1. The number of halogens is 1. The Morgan fingerprint density at radius 1 is 0.941 bits per heavy atom. The fraction of sp³-hybridized carbons (Fsp3) is 0.346. The Labute approximate surface area is 196 Å². The van der Waals surface area contributed by atoms with E-state index in [9.17, 15) is 18.8 Å². The van der Waals surface area contributed by atoms with Gasteiger partial charge in [0.05, 0.1) is 12.1 Å². The van der Waals surface area contributed by atoms with Crippen LogP contribution in [0.1, 0.15) is 40.0 Å². The van der Waals surface area contributed by atoms with E-state index in [-0.39, 0.29) is 23.6 Å². The minimum Gasteiger partial charge on any atom is -0.368 e. The number of H-pyrrole nitrogens is 1. The Morgan fingerprint density at radius 3 is 2.44 bits per heavy atom. The second kappa shape index (κ2) is 9.29. The molecule has 2 heterocycles. The second-order valence-corrected chi connectivity index (χ2v) is 8.91. The molecule has 0 radical (unpaired) electrons. The summed E-state index contributed by atoms with van der Waals surface area (Å²) < 4.78 is 16.2. The molecule has 2 aliphatic rings. The second-order valence-electron chi connectivity index (χ2n) is 8.91. The third-order valence-electron chi connectivity index (χ3n) is 6.79. The molecule has 1 N–H and O–H groups in total. The molecule has 3 aromatic rings. The number of carbonyl (C=O) groups is 1. The number of nitrogens with one attached hydrogen (secondary N) is 1. The van der Waals surface area contributed by atoms with Crippen molar-refractivity contribution in [2.24, 2.45) is 0 Å². The van der Waals surface area contributed by atoms with Crippen molar-refractivity contribution in [3.05, 3.63) is 97.6 Å². The van der Waals surface area contributed by atoms with Gasteiger partial charge in [0.15, 0.2) is 0 Å². The van der Waals surface area contributed by atoms with Gasteiger partial charge in [0, 0.05) is 43.1 Å². The van der Waals surface area contributed by atoms with Crippen molar-refractivity contribution in [1.82, 2.24) is 14.5 Å². The standard InChI is InChI=1S/C26H27FN4O3/c27-22-11-10-18(17-31-23-9-5-4-8-20(23)24(32)28-26(31)34)16-21(22)25(33)30-14-12-29(13-15-30)19-6-2-1-3-7-19/h1-3,6-7,10-11,16H,4-5,8-9,12-15,17H2,(H,28,32,34). The topological polar surface area (TPSA) is 78.4 Å². The molecule has 2 aromatic carbocycles. The molecule has 0 saturated carbocycles. The molecule has 0 bridgehead atoms. The van der Waals surface area contributed by atoms with E-state index in [1.807, 2.05) is 30.3 Å². The highest BCUT2D eigenvalue weighted by Crippen LogP contribution is 2.21. The summed E-state index contributed by atoms with van der Waals surface area (Å²) in [5.74, 6) is -0.919. The van der Waals surface area contributed by atoms with Crippen molar-refractivity contribution in [2.45, 2.75) is 32.2 Å². The molecular weight excluding hydrogens is 435 g/mol. The van der Waals surface area contributed by atoms with Gasteiger partial charge in [0.25, 0.3) is 11.5 Å². The molecule has 1 saturated heterocycles. The highest BCUT2D eigenvalue weighted by molar-refractivity contribution is 5.94. The van der Waals surface area contributed by atoms with Crippen LogP contribution in [0.2, 0.25) is 0 Å². The minimum atomic E-state index is -0.574. The molecule has 0 atom stereocenters. The van der Waals surface area contributed by atoms with Crippen LogP contribution in [0.5, 0.6) is 0 Å². The van der Waals surface area contributed by atoms with Gasteiger partial charge in [-0.3, -0.25) is 19.1 Å². The molecule has 1 fully saturated rings. The summed E-state index contributed by atoms with van der Waals surface area (Å²) in [6, 6.07) is 14.4. The van der Waals surface area contributed by atoms with E-state index < -0.39 is 11.5 Å². The van der Waals surface area contributed by atoms with E-state index in [0.717, 1.165) is 24.2 Å². The molecule has 7 nitrogen and oxygen atoms in total. The third-order valence-corrected chi connectivity index (χ3v) is 6.79. The van der Waals surface area contributed by atoms with E-state index in [4.69, 9.17) is 0 Å². The molecule has 176 valence electrons. The summed E-state index contributed by atoms with van der Waals surface area (Å²) in [4.78, 5) is 44.2. The number of fused-ring (bicyclic) bond motifs is 1. The van der Waals surface area contributed by atoms with Gasteiger partial charge in [-0.15, -0.1) is 0 Å². The van der Waals surface area contributed by atoms with Crippen LogP contribution in [0.25, 0.3) is 0 Å². The average Bonchev–Trinajstić information content (AvgIpc) is 2.88. The van der Waals surface area contributed by atoms with Crippen LogP contribution in [0.3, 0.4) is 0 Å². The van der Waals surface area contributed by atoms with Crippen LogP contribution in [0, 0.1) is 5.82 Å². The summed E-state index contributed by atoms with van der Waals surface area (Å²) in [6.07, 6.45) is 3.14. The number of aromatic amines is 1. The molecule has 5 rings (SSSR count). The highest BCUT2D eigenvalue weighted by atomic mass is 19.1. The fourth-order valence-electron chi connectivity index (χ4n) is 4.96. The summed E-state index contributed by atoms with van der Waals surface area (Å²) >= 11 is 0. The Balaban J connectivity index is 1.35. The van der Waals surface area contributed by atoms with Gasteiger partial charge in [0.2, 0.25) is 0 Å². The Bertz CT molecular complexity index is 1320. The quantitative estimate of drug-likeness (QED) is 0.647. The predicted octanol–water partition coefficient (Wildman–Crippen LogP) is 2.57. The summed E-state index contributed by atoms with van der Waals surface area (Å²) in [6.45, 7) is 2.54. The number of hydrogen-bond donors (Lipinski definition) is 1. The zero-order valence-corrected chi connectivity index (χ0v) is 18.9. The molecular formula is C26H27FN4O3. The SMILES string of the molecule is O=C(c1cc(Cn2c3c(c(=O)[nH]c2=O)CCCC3)ccc1F)N1CCN(c2ccccc2)CC1. The van der Waals surface area contributed by atoms with Crippen molar-refractivity contribution in [2.75, 3.05) is 31.1 Å². The monoisotopic (exact) mass is 462 g/mol. The molecule has 8 heteroatoms. The van der Waals surface area contributed by atoms with E-state index in [0.29, 0.717) is 50.1 Å². The molecule has 1 aromatic heterocycles. The Kier molecular flexibility index (Phi) is 6.04.